The smallest absolute Gasteiger partial charge is 0.295 e. The molecule has 0 atom stereocenters. The third kappa shape index (κ3) is 3.75. The summed E-state index contributed by atoms with van der Waals surface area (Å²) in [5.41, 5.74) is 1.55. The lowest BCUT2D eigenvalue weighted by atomic mass is 10.2. The van der Waals surface area contributed by atoms with Crippen LogP contribution in [0.15, 0.2) is 53.4 Å². The van der Waals surface area contributed by atoms with Gasteiger partial charge in [0, 0.05) is 5.69 Å². The van der Waals surface area contributed by atoms with Gasteiger partial charge in [-0.2, -0.15) is 0 Å². The van der Waals surface area contributed by atoms with Gasteiger partial charge < -0.3 is 5.32 Å². The predicted molar refractivity (Wildman–Crippen MR) is 99.2 cm³/mol. The van der Waals surface area contributed by atoms with Crippen LogP contribution < -0.4 is 5.32 Å². The van der Waals surface area contributed by atoms with Crippen LogP contribution in [-0.2, 0) is 4.79 Å². The molecule has 1 heterocycles. The fraction of sp³-hybridized carbons (Fsp3) is 0.0588. The van der Waals surface area contributed by atoms with Gasteiger partial charge >= 0.3 is 0 Å². The molecule has 0 aromatic heterocycles. The van der Waals surface area contributed by atoms with Crippen molar-refractivity contribution in [3.8, 4) is 0 Å². The van der Waals surface area contributed by atoms with Crippen LogP contribution in [0.3, 0.4) is 0 Å². The van der Waals surface area contributed by atoms with Crippen LogP contribution in [0.25, 0.3) is 6.08 Å². The van der Waals surface area contributed by atoms with Gasteiger partial charge in [0.25, 0.3) is 11.1 Å². The molecule has 1 aliphatic heterocycles. The van der Waals surface area contributed by atoms with Crippen molar-refractivity contribution in [2.24, 2.45) is 0 Å². The van der Waals surface area contributed by atoms with Gasteiger partial charge in [0.1, 0.15) is 0 Å². The molecule has 4 nitrogen and oxygen atoms in total. The Labute approximate surface area is 153 Å². The number of hydrogen-bond acceptors (Lipinski definition) is 4. The minimum absolute atomic E-state index is 0.0642. The highest BCUT2D eigenvalue weighted by Crippen LogP contribution is 2.32. The van der Waals surface area contributed by atoms with Crippen molar-refractivity contribution >= 4 is 57.9 Å². The van der Waals surface area contributed by atoms with Crippen LogP contribution >= 0.6 is 35.0 Å². The average Bonchev–Trinajstić information content (AvgIpc) is 2.83. The largest absolute Gasteiger partial charge is 0.367 e. The van der Waals surface area contributed by atoms with E-state index in [9.17, 15) is 9.59 Å². The first-order chi connectivity index (χ1) is 11.5. The second-order valence-corrected chi connectivity index (χ2v) is 6.79. The molecule has 0 bridgehead atoms. The number of thioether (sulfide) groups is 1. The van der Waals surface area contributed by atoms with Gasteiger partial charge in [-0.25, -0.2) is 0 Å². The van der Waals surface area contributed by atoms with E-state index in [4.69, 9.17) is 23.2 Å². The van der Waals surface area contributed by atoms with E-state index < -0.39 is 0 Å². The lowest BCUT2D eigenvalue weighted by molar-refractivity contribution is -0.122. The quantitative estimate of drug-likeness (QED) is 0.751. The number of hydrogen-bond donors (Lipinski definition) is 1. The van der Waals surface area contributed by atoms with E-state index in [1.165, 1.54) is 0 Å². The molecular weight excluding hydrogens is 367 g/mol. The molecule has 1 N–H and O–H groups in total. The minimum Gasteiger partial charge on any atom is -0.367 e. The number of rotatable bonds is 4. The minimum atomic E-state index is -0.318. The van der Waals surface area contributed by atoms with Crippen molar-refractivity contribution in [2.45, 2.75) is 0 Å². The highest BCUT2D eigenvalue weighted by Gasteiger charge is 2.34. The molecule has 0 spiro atoms. The van der Waals surface area contributed by atoms with E-state index >= 15 is 0 Å². The zero-order chi connectivity index (χ0) is 17.1. The van der Waals surface area contributed by atoms with Crippen molar-refractivity contribution in [3.05, 3.63) is 69.0 Å². The Hall–Kier alpha value is -1.95. The maximum Gasteiger partial charge on any atom is 0.295 e. The third-order valence-electron chi connectivity index (χ3n) is 3.33. The normalized spacial score (nSPS) is 16.1. The molecule has 2 aromatic rings. The zero-order valence-corrected chi connectivity index (χ0v) is 14.7. The van der Waals surface area contributed by atoms with Gasteiger partial charge in [-0.05, 0) is 41.6 Å². The van der Waals surface area contributed by atoms with E-state index in [1.807, 2.05) is 30.3 Å². The molecular formula is C17H12Cl2N2O2S. The Kier molecular flexibility index (Phi) is 5.14. The lowest BCUT2D eigenvalue weighted by Gasteiger charge is -2.14. The molecule has 0 aliphatic carbocycles. The highest BCUT2D eigenvalue weighted by atomic mass is 35.5. The lowest BCUT2D eigenvalue weighted by Crippen LogP contribution is -2.33. The van der Waals surface area contributed by atoms with Gasteiger partial charge in [-0.1, -0.05) is 53.5 Å². The van der Waals surface area contributed by atoms with Gasteiger partial charge in [-0.15, -0.1) is 0 Å². The fourth-order valence-electron chi connectivity index (χ4n) is 2.11. The number of anilines is 1. The SMILES string of the molecule is O=C1S/C(=C\c2ccccc2)C(=O)N1CNc1ccc(Cl)c(Cl)c1. The Balaban J connectivity index is 1.70. The fourth-order valence-corrected chi connectivity index (χ4v) is 3.25. The maximum absolute atomic E-state index is 12.4. The number of halogens is 2. The van der Waals surface area contributed by atoms with Crippen LogP contribution in [-0.4, -0.2) is 22.7 Å². The second kappa shape index (κ2) is 7.30. The number of carbonyl (C=O) groups is 2. The summed E-state index contributed by atoms with van der Waals surface area (Å²) in [5, 5.41) is 3.54. The second-order valence-electron chi connectivity index (χ2n) is 4.98. The summed E-state index contributed by atoms with van der Waals surface area (Å²) < 4.78 is 0. The molecule has 3 rings (SSSR count). The number of imide groups is 1. The molecule has 2 aromatic carbocycles. The summed E-state index contributed by atoms with van der Waals surface area (Å²) in [6.07, 6.45) is 1.71. The highest BCUT2D eigenvalue weighted by molar-refractivity contribution is 8.18. The molecule has 0 saturated carbocycles. The van der Waals surface area contributed by atoms with Gasteiger partial charge in [0.05, 0.1) is 21.6 Å². The van der Waals surface area contributed by atoms with Gasteiger partial charge in [0.15, 0.2) is 0 Å². The molecule has 122 valence electrons. The summed E-state index contributed by atoms with van der Waals surface area (Å²) >= 11 is 12.7. The summed E-state index contributed by atoms with van der Waals surface area (Å²) in [5.74, 6) is -0.318. The summed E-state index contributed by atoms with van der Waals surface area (Å²) in [4.78, 5) is 26.0. The first-order valence-corrected chi connectivity index (χ1v) is 8.61. The van der Waals surface area contributed by atoms with Gasteiger partial charge in [0.2, 0.25) is 0 Å². The number of amides is 2. The predicted octanol–water partition coefficient (Wildman–Crippen LogP) is 5.10. The first kappa shape index (κ1) is 16.9. The first-order valence-electron chi connectivity index (χ1n) is 7.04. The Morgan fingerprint density at radius 1 is 1.04 bits per heavy atom. The van der Waals surface area contributed by atoms with E-state index in [0.717, 1.165) is 22.2 Å². The maximum atomic E-state index is 12.4. The molecule has 0 unspecified atom stereocenters. The van der Waals surface area contributed by atoms with E-state index in [-0.39, 0.29) is 17.8 Å². The van der Waals surface area contributed by atoms with E-state index in [1.54, 1.807) is 24.3 Å². The van der Waals surface area contributed by atoms with Crippen LogP contribution in [0, 0.1) is 0 Å². The monoisotopic (exact) mass is 378 g/mol. The van der Waals surface area contributed by atoms with E-state index in [2.05, 4.69) is 5.32 Å². The topological polar surface area (TPSA) is 49.4 Å². The van der Waals surface area contributed by atoms with Crippen molar-refractivity contribution in [2.75, 3.05) is 12.0 Å². The van der Waals surface area contributed by atoms with Crippen molar-refractivity contribution < 1.29 is 9.59 Å². The van der Waals surface area contributed by atoms with E-state index in [0.29, 0.717) is 20.6 Å². The van der Waals surface area contributed by atoms with Crippen LogP contribution in [0.4, 0.5) is 10.5 Å². The van der Waals surface area contributed by atoms with Crippen molar-refractivity contribution in [3.63, 3.8) is 0 Å². The number of carbonyl (C=O) groups excluding carboxylic acids is 2. The zero-order valence-electron chi connectivity index (χ0n) is 12.3. The third-order valence-corrected chi connectivity index (χ3v) is 4.98. The molecule has 24 heavy (non-hydrogen) atoms. The van der Waals surface area contributed by atoms with Gasteiger partial charge in [-0.3, -0.25) is 14.5 Å². The summed E-state index contributed by atoms with van der Waals surface area (Å²) in [7, 11) is 0. The molecule has 1 fully saturated rings. The van der Waals surface area contributed by atoms with Crippen LogP contribution in [0.5, 0.6) is 0 Å². The van der Waals surface area contributed by atoms with Crippen molar-refractivity contribution in [1.82, 2.24) is 4.90 Å². The summed E-state index contributed by atoms with van der Waals surface area (Å²) in [6.45, 7) is 0.0642. The Morgan fingerprint density at radius 3 is 2.50 bits per heavy atom. The molecule has 1 aliphatic rings. The Morgan fingerprint density at radius 2 is 1.79 bits per heavy atom. The Bertz CT molecular complexity index is 825. The summed E-state index contributed by atoms with van der Waals surface area (Å²) in [6, 6.07) is 14.4. The van der Waals surface area contributed by atoms with Crippen LogP contribution in [0.1, 0.15) is 5.56 Å². The number of benzene rings is 2. The molecule has 1 saturated heterocycles. The number of nitrogens with one attached hydrogen (secondary N) is 1. The molecule has 0 radical (unpaired) electrons. The molecule has 7 heteroatoms. The standard InChI is InChI=1S/C17H12Cl2N2O2S/c18-13-7-6-12(9-14(13)19)20-10-21-16(22)15(24-17(21)23)8-11-4-2-1-3-5-11/h1-9,20H,10H2/b15-8-. The van der Waals surface area contributed by atoms with Crippen molar-refractivity contribution in [1.29, 1.82) is 0 Å². The average molecular weight is 379 g/mol. The molecule has 2 amide bonds. The van der Waals surface area contributed by atoms with Crippen LogP contribution in [0.2, 0.25) is 10.0 Å². The number of nitrogens with zero attached hydrogens (tertiary/aromatic N) is 1.